The molecule has 1 atom stereocenters. The lowest BCUT2D eigenvalue weighted by Gasteiger charge is -2.32. The monoisotopic (exact) mass is 187 g/mol. The van der Waals surface area contributed by atoms with E-state index in [9.17, 15) is 4.79 Å². The van der Waals surface area contributed by atoms with E-state index in [0.29, 0.717) is 0 Å². The second-order valence-electron chi connectivity index (χ2n) is 4.08. The minimum atomic E-state index is -0.164. The van der Waals surface area contributed by atoms with Gasteiger partial charge in [-0.3, -0.25) is 4.79 Å². The summed E-state index contributed by atoms with van der Waals surface area (Å²) in [7, 11) is 0. The first-order chi connectivity index (χ1) is 5.45. The largest absolute Gasteiger partial charge is 0.337 e. The summed E-state index contributed by atoms with van der Waals surface area (Å²) in [5.41, 5.74) is 0.0497. The van der Waals surface area contributed by atoms with Gasteiger partial charge >= 0.3 is 0 Å². The van der Waals surface area contributed by atoms with Crippen LogP contribution in [0.1, 0.15) is 33.6 Å². The molecular formula is C9H17NOS. The predicted octanol–water partition coefficient (Wildman–Crippen LogP) is 1.71. The van der Waals surface area contributed by atoms with Crippen molar-refractivity contribution < 1.29 is 4.79 Å². The zero-order valence-electron chi connectivity index (χ0n) is 8.00. The smallest absolute Gasteiger partial charge is 0.235 e. The van der Waals surface area contributed by atoms with Gasteiger partial charge in [0.2, 0.25) is 5.91 Å². The quantitative estimate of drug-likeness (QED) is 0.620. The Morgan fingerprint density at radius 2 is 2.17 bits per heavy atom. The normalized spacial score (nSPS) is 24.2. The average Bonchev–Trinajstić information content (AvgIpc) is 2.27. The number of carbonyl (C=O) groups excluding carboxylic acids is 1. The molecule has 70 valence electrons. The van der Waals surface area contributed by atoms with Crippen LogP contribution >= 0.6 is 12.6 Å². The number of carbonyl (C=O) groups is 1. The summed E-state index contributed by atoms with van der Waals surface area (Å²) in [6.07, 6.45) is 2.23. The molecule has 1 aliphatic rings. The predicted molar refractivity (Wildman–Crippen MR) is 53.5 cm³/mol. The van der Waals surface area contributed by atoms with Crippen molar-refractivity contribution in [1.82, 2.24) is 4.90 Å². The molecule has 2 nitrogen and oxygen atoms in total. The van der Waals surface area contributed by atoms with Crippen LogP contribution in [0.2, 0.25) is 0 Å². The van der Waals surface area contributed by atoms with Gasteiger partial charge in [-0.1, -0.05) is 0 Å². The van der Waals surface area contributed by atoms with Gasteiger partial charge in [0.25, 0.3) is 0 Å². The fourth-order valence-corrected chi connectivity index (χ4v) is 1.88. The van der Waals surface area contributed by atoms with Crippen LogP contribution in [-0.4, -0.2) is 28.1 Å². The maximum atomic E-state index is 11.6. The topological polar surface area (TPSA) is 20.3 Å². The lowest BCUT2D eigenvalue weighted by molar-refractivity contribution is -0.133. The molecule has 0 radical (unpaired) electrons. The van der Waals surface area contributed by atoms with E-state index in [4.69, 9.17) is 0 Å². The van der Waals surface area contributed by atoms with E-state index < -0.39 is 0 Å². The lowest BCUT2D eigenvalue weighted by Crippen LogP contribution is -2.45. The minimum Gasteiger partial charge on any atom is -0.337 e. The first kappa shape index (κ1) is 9.90. The molecule has 12 heavy (non-hydrogen) atoms. The van der Waals surface area contributed by atoms with Crippen LogP contribution in [0.3, 0.4) is 0 Å². The van der Waals surface area contributed by atoms with Gasteiger partial charge < -0.3 is 4.90 Å². The maximum absolute atomic E-state index is 11.6. The van der Waals surface area contributed by atoms with Crippen LogP contribution in [0.4, 0.5) is 0 Å². The van der Waals surface area contributed by atoms with Crippen molar-refractivity contribution in [1.29, 1.82) is 0 Å². The van der Waals surface area contributed by atoms with Crippen molar-refractivity contribution in [2.75, 3.05) is 6.54 Å². The Morgan fingerprint density at radius 1 is 1.58 bits per heavy atom. The standard InChI is InChI=1S/C9H17NOS/c1-7(12)8(11)10-6-4-5-9(10,2)3/h7,12H,4-6H2,1-3H3. The van der Waals surface area contributed by atoms with Crippen LogP contribution in [0.15, 0.2) is 0 Å². The third-order valence-corrected chi connectivity index (χ3v) is 2.75. The minimum absolute atomic E-state index is 0.0497. The van der Waals surface area contributed by atoms with Crippen LogP contribution < -0.4 is 0 Å². The summed E-state index contributed by atoms with van der Waals surface area (Å²) >= 11 is 4.15. The second kappa shape index (κ2) is 3.29. The Bertz CT molecular complexity index is 189. The zero-order chi connectivity index (χ0) is 9.35. The Balaban J connectivity index is 2.69. The van der Waals surface area contributed by atoms with Crippen molar-refractivity contribution in [3.63, 3.8) is 0 Å². The summed E-state index contributed by atoms with van der Waals surface area (Å²) < 4.78 is 0. The van der Waals surface area contributed by atoms with E-state index in [1.807, 2.05) is 11.8 Å². The van der Waals surface area contributed by atoms with Gasteiger partial charge in [-0.05, 0) is 33.6 Å². The van der Waals surface area contributed by atoms with E-state index in [0.717, 1.165) is 19.4 Å². The number of thiol groups is 1. The Kier molecular flexibility index (Phi) is 2.71. The molecule has 1 aliphatic heterocycles. The van der Waals surface area contributed by atoms with Gasteiger partial charge in [-0.2, -0.15) is 12.6 Å². The van der Waals surface area contributed by atoms with Gasteiger partial charge in [0.1, 0.15) is 0 Å². The number of rotatable bonds is 1. The highest BCUT2D eigenvalue weighted by Gasteiger charge is 2.36. The fourth-order valence-electron chi connectivity index (χ4n) is 1.74. The first-order valence-corrected chi connectivity index (χ1v) is 4.96. The van der Waals surface area contributed by atoms with E-state index in [1.165, 1.54) is 0 Å². The molecule has 0 aromatic heterocycles. The zero-order valence-corrected chi connectivity index (χ0v) is 8.90. The highest BCUT2D eigenvalue weighted by molar-refractivity contribution is 7.81. The summed E-state index contributed by atoms with van der Waals surface area (Å²) in [6.45, 7) is 6.97. The van der Waals surface area contributed by atoms with Gasteiger partial charge in [-0.25, -0.2) is 0 Å². The molecule has 0 saturated carbocycles. The molecular weight excluding hydrogens is 170 g/mol. The number of nitrogens with zero attached hydrogens (tertiary/aromatic N) is 1. The van der Waals surface area contributed by atoms with Gasteiger partial charge in [0, 0.05) is 12.1 Å². The summed E-state index contributed by atoms with van der Waals surface area (Å²) in [4.78, 5) is 13.6. The molecule has 1 heterocycles. The Morgan fingerprint density at radius 3 is 2.50 bits per heavy atom. The molecule has 0 aromatic carbocycles. The molecule has 0 aromatic rings. The Hall–Kier alpha value is -0.180. The molecule has 0 aliphatic carbocycles. The highest BCUT2D eigenvalue weighted by Crippen LogP contribution is 2.29. The number of likely N-dealkylation sites (tertiary alicyclic amines) is 1. The maximum Gasteiger partial charge on any atom is 0.235 e. The molecule has 1 rings (SSSR count). The van der Waals surface area contributed by atoms with E-state index in [2.05, 4.69) is 26.5 Å². The van der Waals surface area contributed by atoms with Crippen molar-refractivity contribution in [2.24, 2.45) is 0 Å². The molecule has 0 spiro atoms. The molecule has 0 bridgehead atoms. The van der Waals surface area contributed by atoms with Crippen molar-refractivity contribution in [2.45, 2.75) is 44.4 Å². The van der Waals surface area contributed by atoms with Crippen LogP contribution in [-0.2, 0) is 4.79 Å². The number of amides is 1. The molecule has 0 N–H and O–H groups in total. The molecule has 3 heteroatoms. The van der Waals surface area contributed by atoms with Crippen molar-refractivity contribution >= 4 is 18.5 Å². The summed E-state index contributed by atoms with van der Waals surface area (Å²) in [6, 6.07) is 0. The number of hydrogen-bond donors (Lipinski definition) is 1. The van der Waals surface area contributed by atoms with E-state index >= 15 is 0 Å². The average molecular weight is 187 g/mol. The Labute approximate surface area is 79.7 Å². The molecule has 1 saturated heterocycles. The summed E-state index contributed by atoms with van der Waals surface area (Å²) in [5, 5.41) is -0.164. The van der Waals surface area contributed by atoms with Crippen LogP contribution in [0.5, 0.6) is 0 Å². The second-order valence-corrected chi connectivity index (χ2v) is 4.86. The third-order valence-electron chi connectivity index (χ3n) is 2.52. The highest BCUT2D eigenvalue weighted by atomic mass is 32.1. The number of hydrogen-bond acceptors (Lipinski definition) is 2. The van der Waals surface area contributed by atoms with E-state index in [-0.39, 0.29) is 16.7 Å². The van der Waals surface area contributed by atoms with Crippen molar-refractivity contribution in [3.05, 3.63) is 0 Å². The van der Waals surface area contributed by atoms with Crippen LogP contribution in [0.25, 0.3) is 0 Å². The molecule has 1 amide bonds. The lowest BCUT2D eigenvalue weighted by atomic mass is 10.0. The van der Waals surface area contributed by atoms with Gasteiger partial charge in [0.05, 0.1) is 5.25 Å². The van der Waals surface area contributed by atoms with Crippen molar-refractivity contribution in [3.8, 4) is 0 Å². The molecule has 1 fully saturated rings. The summed E-state index contributed by atoms with van der Waals surface area (Å²) in [5.74, 6) is 0.167. The van der Waals surface area contributed by atoms with Crippen LogP contribution in [0, 0.1) is 0 Å². The molecule has 1 unspecified atom stereocenters. The van der Waals surface area contributed by atoms with Gasteiger partial charge in [0.15, 0.2) is 0 Å². The van der Waals surface area contributed by atoms with E-state index in [1.54, 1.807) is 0 Å². The first-order valence-electron chi connectivity index (χ1n) is 4.45. The third kappa shape index (κ3) is 1.76. The SMILES string of the molecule is CC(S)C(=O)N1CCCC1(C)C. The van der Waals surface area contributed by atoms with Gasteiger partial charge in [-0.15, -0.1) is 0 Å². The fraction of sp³-hybridized carbons (Fsp3) is 0.889.